The summed E-state index contributed by atoms with van der Waals surface area (Å²) in [6.45, 7) is 1.34. The number of amides is 1. The van der Waals surface area contributed by atoms with Gasteiger partial charge in [0.2, 0.25) is 5.91 Å². The van der Waals surface area contributed by atoms with Crippen molar-refractivity contribution >= 4 is 11.6 Å². The van der Waals surface area contributed by atoms with E-state index in [1.54, 1.807) is 0 Å². The van der Waals surface area contributed by atoms with Gasteiger partial charge in [0, 0.05) is 32.2 Å². The normalized spacial score (nSPS) is 19.3. The lowest BCUT2D eigenvalue weighted by molar-refractivity contribution is -0.122. The third-order valence-corrected chi connectivity index (χ3v) is 5.06. The highest BCUT2D eigenvalue weighted by atomic mass is 16.3. The number of hydrogen-bond donors (Lipinski definition) is 2. The number of aliphatic hydroxyl groups excluding tert-OH is 1. The van der Waals surface area contributed by atoms with Crippen molar-refractivity contribution in [2.45, 2.75) is 44.6 Å². The van der Waals surface area contributed by atoms with Gasteiger partial charge < -0.3 is 15.3 Å². The Morgan fingerprint density at radius 2 is 2.18 bits per heavy atom. The zero-order valence-electron chi connectivity index (χ0n) is 13.3. The van der Waals surface area contributed by atoms with Gasteiger partial charge in [-0.2, -0.15) is 0 Å². The number of likely N-dealkylation sites (N-methyl/N-ethyl adjacent to an activating group) is 1. The van der Waals surface area contributed by atoms with Crippen LogP contribution in [0.1, 0.15) is 49.3 Å². The van der Waals surface area contributed by atoms with Gasteiger partial charge in [0.25, 0.3) is 0 Å². The Bertz CT molecular complexity index is 538. The molecule has 1 heterocycles. The summed E-state index contributed by atoms with van der Waals surface area (Å²) >= 11 is 0. The predicted octanol–water partition coefficient (Wildman–Crippen LogP) is 2.41. The van der Waals surface area contributed by atoms with Gasteiger partial charge >= 0.3 is 0 Å². The van der Waals surface area contributed by atoms with Crippen molar-refractivity contribution in [3.63, 3.8) is 0 Å². The number of nitrogens with zero attached hydrogens (tertiary/aromatic N) is 1. The van der Waals surface area contributed by atoms with E-state index in [0.29, 0.717) is 18.9 Å². The highest BCUT2D eigenvalue weighted by Gasteiger charge is 2.20. The van der Waals surface area contributed by atoms with Crippen molar-refractivity contribution in [1.29, 1.82) is 0 Å². The molecule has 1 atom stereocenters. The lowest BCUT2D eigenvalue weighted by Crippen LogP contribution is -2.29. The molecule has 2 N–H and O–H groups in total. The third kappa shape index (κ3) is 3.43. The zero-order valence-corrected chi connectivity index (χ0v) is 13.3. The van der Waals surface area contributed by atoms with Crippen LogP contribution in [-0.2, 0) is 11.2 Å². The average molecular weight is 302 g/mol. The van der Waals surface area contributed by atoms with Crippen LogP contribution in [0.15, 0.2) is 18.2 Å². The molecule has 1 aromatic carbocycles. The minimum Gasteiger partial charge on any atom is -0.387 e. The fourth-order valence-corrected chi connectivity index (χ4v) is 3.67. The number of fused-ring (bicyclic) bond motifs is 1. The molecule has 120 valence electrons. The van der Waals surface area contributed by atoms with Crippen LogP contribution >= 0.6 is 0 Å². The molecule has 0 bridgehead atoms. The van der Waals surface area contributed by atoms with Crippen LogP contribution in [-0.4, -0.2) is 31.2 Å². The summed E-state index contributed by atoms with van der Waals surface area (Å²) < 4.78 is 0. The molecule has 1 amide bonds. The molecule has 4 nitrogen and oxygen atoms in total. The van der Waals surface area contributed by atoms with Crippen molar-refractivity contribution < 1.29 is 9.90 Å². The van der Waals surface area contributed by atoms with Crippen LogP contribution < -0.4 is 10.2 Å². The van der Waals surface area contributed by atoms with Crippen LogP contribution in [0.25, 0.3) is 0 Å². The van der Waals surface area contributed by atoms with Crippen LogP contribution in [0, 0.1) is 5.92 Å². The summed E-state index contributed by atoms with van der Waals surface area (Å²) in [6, 6.07) is 6.11. The Kier molecular flexibility index (Phi) is 4.67. The summed E-state index contributed by atoms with van der Waals surface area (Å²) in [5.74, 6) is 0.625. The predicted molar refractivity (Wildman–Crippen MR) is 88.0 cm³/mol. The fourth-order valence-electron chi connectivity index (χ4n) is 3.67. The second-order valence-electron chi connectivity index (χ2n) is 6.73. The Balaban J connectivity index is 1.51. The number of carbonyl (C=O) groups is 1. The van der Waals surface area contributed by atoms with E-state index in [0.717, 1.165) is 18.5 Å². The van der Waals surface area contributed by atoms with Crippen LogP contribution in [0.4, 0.5) is 5.69 Å². The summed E-state index contributed by atoms with van der Waals surface area (Å²) in [7, 11) is 2.09. The van der Waals surface area contributed by atoms with Crippen molar-refractivity contribution in [3.8, 4) is 0 Å². The zero-order chi connectivity index (χ0) is 15.5. The SMILES string of the molecule is CN1CCc2cc(C(O)CNC(=O)CC3CCCC3)ccc21. The summed E-state index contributed by atoms with van der Waals surface area (Å²) in [4.78, 5) is 14.2. The number of benzene rings is 1. The Hall–Kier alpha value is -1.55. The van der Waals surface area contributed by atoms with E-state index in [4.69, 9.17) is 0 Å². The number of hydrogen-bond acceptors (Lipinski definition) is 3. The van der Waals surface area contributed by atoms with E-state index in [9.17, 15) is 9.90 Å². The first kappa shape index (κ1) is 15.3. The molecule has 1 saturated carbocycles. The van der Waals surface area contributed by atoms with Gasteiger partial charge in [0.05, 0.1) is 6.10 Å². The van der Waals surface area contributed by atoms with Crippen molar-refractivity contribution in [1.82, 2.24) is 5.32 Å². The number of anilines is 1. The van der Waals surface area contributed by atoms with Crippen molar-refractivity contribution in [3.05, 3.63) is 29.3 Å². The largest absolute Gasteiger partial charge is 0.387 e. The van der Waals surface area contributed by atoms with Crippen molar-refractivity contribution in [2.24, 2.45) is 5.92 Å². The minimum atomic E-state index is -0.622. The molecule has 1 unspecified atom stereocenters. The van der Waals surface area contributed by atoms with Crippen molar-refractivity contribution in [2.75, 3.05) is 25.0 Å². The second kappa shape index (κ2) is 6.69. The van der Waals surface area contributed by atoms with Gasteiger partial charge in [-0.05, 0) is 42.4 Å². The molecule has 1 fully saturated rings. The molecule has 3 rings (SSSR count). The van der Waals surface area contributed by atoms with Crippen LogP contribution in [0.3, 0.4) is 0 Å². The van der Waals surface area contributed by atoms with Gasteiger partial charge in [-0.25, -0.2) is 0 Å². The van der Waals surface area contributed by atoms with Gasteiger partial charge in [-0.3, -0.25) is 4.79 Å². The molecule has 2 aliphatic rings. The maximum atomic E-state index is 11.9. The Morgan fingerprint density at radius 1 is 1.41 bits per heavy atom. The van der Waals surface area contributed by atoms with Gasteiger partial charge in [-0.15, -0.1) is 0 Å². The number of rotatable bonds is 5. The highest BCUT2D eigenvalue weighted by molar-refractivity contribution is 5.76. The molecular weight excluding hydrogens is 276 g/mol. The second-order valence-corrected chi connectivity index (χ2v) is 6.73. The standard InChI is InChI=1S/C18H26N2O2/c1-20-9-8-14-11-15(6-7-16(14)20)17(21)12-19-18(22)10-13-4-2-3-5-13/h6-7,11,13,17,21H,2-5,8-10,12H2,1H3,(H,19,22). The minimum absolute atomic E-state index is 0.0758. The third-order valence-electron chi connectivity index (χ3n) is 5.06. The maximum Gasteiger partial charge on any atom is 0.220 e. The van der Waals surface area contributed by atoms with E-state index < -0.39 is 6.10 Å². The molecule has 0 aromatic heterocycles. The molecular formula is C18H26N2O2. The van der Waals surface area contributed by atoms with Gasteiger partial charge in [0.15, 0.2) is 0 Å². The summed E-state index contributed by atoms with van der Waals surface area (Å²) in [5.41, 5.74) is 3.44. The van der Waals surface area contributed by atoms with E-state index in [1.807, 2.05) is 6.07 Å². The number of aliphatic hydroxyl groups is 1. The molecule has 1 aliphatic carbocycles. The molecule has 1 aromatic rings. The number of nitrogens with one attached hydrogen (secondary N) is 1. The maximum absolute atomic E-state index is 11.9. The van der Waals surface area contributed by atoms with Gasteiger partial charge in [-0.1, -0.05) is 25.0 Å². The number of carbonyl (C=O) groups excluding carboxylic acids is 1. The first-order valence-electron chi connectivity index (χ1n) is 8.42. The first-order valence-corrected chi connectivity index (χ1v) is 8.42. The highest BCUT2D eigenvalue weighted by Crippen LogP contribution is 2.29. The lowest BCUT2D eigenvalue weighted by Gasteiger charge is -2.16. The molecule has 0 saturated heterocycles. The summed E-state index contributed by atoms with van der Waals surface area (Å²) in [5, 5.41) is 13.2. The van der Waals surface area contributed by atoms with E-state index in [-0.39, 0.29) is 5.91 Å². The van der Waals surface area contributed by atoms with E-state index in [2.05, 4.69) is 29.4 Å². The van der Waals surface area contributed by atoms with Crippen LogP contribution in [0.5, 0.6) is 0 Å². The topological polar surface area (TPSA) is 52.6 Å². The Morgan fingerprint density at radius 3 is 2.95 bits per heavy atom. The quantitative estimate of drug-likeness (QED) is 0.878. The first-order chi connectivity index (χ1) is 10.6. The fraction of sp³-hybridized carbons (Fsp3) is 0.611. The average Bonchev–Trinajstić information content (AvgIpc) is 3.15. The molecule has 0 spiro atoms. The monoisotopic (exact) mass is 302 g/mol. The molecule has 0 radical (unpaired) electrons. The van der Waals surface area contributed by atoms with Crippen LogP contribution in [0.2, 0.25) is 0 Å². The van der Waals surface area contributed by atoms with E-state index >= 15 is 0 Å². The molecule has 1 aliphatic heterocycles. The Labute approximate surface area is 132 Å². The molecule has 22 heavy (non-hydrogen) atoms. The van der Waals surface area contributed by atoms with E-state index in [1.165, 1.54) is 36.9 Å². The van der Waals surface area contributed by atoms with Gasteiger partial charge in [0.1, 0.15) is 0 Å². The smallest absolute Gasteiger partial charge is 0.220 e. The molecule has 4 heteroatoms. The summed E-state index contributed by atoms with van der Waals surface area (Å²) in [6.07, 6.45) is 5.88. The lowest BCUT2D eigenvalue weighted by atomic mass is 10.0.